The lowest BCUT2D eigenvalue weighted by molar-refractivity contribution is -0.116. The quantitative estimate of drug-likeness (QED) is 0.869. The highest BCUT2D eigenvalue weighted by molar-refractivity contribution is 6.02. The Labute approximate surface area is 121 Å². The van der Waals surface area contributed by atoms with Gasteiger partial charge >= 0.3 is 0 Å². The summed E-state index contributed by atoms with van der Waals surface area (Å²) in [6.07, 6.45) is 0.790. The molecule has 1 aliphatic rings. The van der Waals surface area contributed by atoms with Gasteiger partial charge in [-0.1, -0.05) is 0 Å². The van der Waals surface area contributed by atoms with Gasteiger partial charge in [-0.15, -0.1) is 5.10 Å². The molecular formula is C14H15N5O2. The van der Waals surface area contributed by atoms with Crippen LogP contribution in [-0.2, 0) is 11.2 Å². The van der Waals surface area contributed by atoms with E-state index < -0.39 is 0 Å². The van der Waals surface area contributed by atoms with Crippen LogP contribution in [0.3, 0.4) is 0 Å². The fraction of sp³-hybridized carbons (Fsp3) is 0.286. The predicted molar refractivity (Wildman–Crippen MR) is 77.2 cm³/mol. The number of aromatic nitrogens is 3. The molecule has 1 aromatic carbocycles. The van der Waals surface area contributed by atoms with Crippen molar-refractivity contribution in [2.24, 2.45) is 0 Å². The number of amides is 2. The first-order valence-corrected chi connectivity index (χ1v) is 6.66. The van der Waals surface area contributed by atoms with E-state index in [1.54, 1.807) is 24.8 Å². The summed E-state index contributed by atoms with van der Waals surface area (Å²) < 4.78 is 0. The smallest absolute Gasteiger partial charge is 0.295 e. The molecule has 0 saturated carbocycles. The van der Waals surface area contributed by atoms with E-state index in [0.717, 1.165) is 17.7 Å². The number of hydrogen-bond acceptors (Lipinski definition) is 4. The van der Waals surface area contributed by atoms with E-state index in [9.17, 15) is 9.59 Å². The summed E-state index contributed by atoms with van der Waals surface area (Å²) in [5, 5.41) is 9.21. The number of aryl methyl sites for hydroxylation is 1. The summed E-state index contributed by atoms with van der Waals surface area (Å²) in [6, 6.07) is 5.51. The molecular weight excluding hydrogens is 270 g/mol. The van der Waals surface area contributed by atoms with E-state index in [1.807, 2.05) is 12.1 Å². The lowest BCUT2D eigenvalue weighted by Crippen LogP contribution is -2.25. The zero-order valence-electron chi connectivity index (χ0n) is 11.8. The van der Waals surface area contributed by atoms with E-state index in [-0.39, 0.29) is 17.6 Å². The number of rotatable bonds is 2. The van der Waals surface area contributed by atoms with Crippen LogP contribution < -0.4 is 10.2 Å². The van der Waals surface area contributed by atoms with Crippen molar-refractivity contribution in [1.29, 1.82) is 0 Å². The Morgan fingerprint density at radius 3 is 2.86 bits per heavy atom. The van der Waals surface area contributed by atoms with Gasteiger partial charge in [0.05, 0.1) is 0 Å². The number of aromatic amines is 1. The summed E-state index contributed by atoms with van der Waals surface area (Å²) in [4.78, 5) is 29.2. The van der Waals surface area contributed by atoms with Crippen molar-refractivity contribution in [3.05, 3.63) is 35.4 Å². The first-order chi connectivity index (χ1) is 10.0. The molecule has 21 heavy (non-hydrogen) atoms. The fourth-order valence-corrected chi connectivity index (χ4v) is 2.44. The fourth-order valence-electron chi connectivity index (χ4n) is 2.44. The minimum atomic E-state index is -0.360. The van der Waals surface area contributed by atoms with Crippen molar-refractivity contribution in [1.82, 2.24) is 15.2 Å². The molecule has 2 N–H and O–H groups in total. The molecule has 7 nitrogen and oxygen atoms in total. The monoisotopic (exact) mass is 285 g/mol. The second-order valence-electron chi connectivity index (χ2n) is 4.96. The second kappa shape index (κ2) is 5.01. The Bertz CT molecular complexity index is 722. The minimum absolute atomic E-state index is 0.0294. The summed E-state index contributed by atoms with van der Waals surface area (Å²) in [5.74, 6) is 0.368. The molecule has 0 aliphatic carbocycles. The number of anilines is 2. The number of nitrogens with zero attached hydrogens (tertiary/aromatic N) is 3. The average molecular weight is 285 g/mol. The van der Waals surface area contributed by atoms with Gasteiger partial charge in [0.15, 0.2) is 0 Å². The van der Waals surface area contributed by atoms with Crippen LogP contribution in [0.4, 0.5) is 11.4 Å². The largest absolute Gasteiger partial charge is 0.319 e. The van der Waals surface area contributed by atoms with Crippen molar-refractivity contribution in [2.45, 2.75) is 20.3 Å². The van der Waals surface area contributed by atoms with Gasteiger partial charge in [-0.3, -0.25) is 14.7 Å². The molecule has 1 aromatic heterocycles. The van der Waals surface area contributed by atoms with Crippen LogP contribution in [-0.4, -0.2) is 33.5 Å². The lowest BCUT2D eigenvalue weighted by Gasteiger charge is -2.14. The molecule has 0 fully saturated rings. The highest BCUT2D eigenvalue weighted by atomic mass is 16.2. The molecule has 0 spiro atoms. The predicted octanol–water partition coefficient (Wildman–Crippen LogP) is 1.27. The number of H-pyrrole nitrogens is 1. The molecule has 2 aromatic rings. The number of carbonyl (C=O) groups is 2. The topological polar surface area (TPSA) is 91.0 Å². The number of benzene rings is 1. The van der Waals surface area contributed by atoms with Gasteiger partial charge in [0, 0.05) is 24.8 Å². The van der Waals surface area contributed by atoms with E-state index in [1.165, 1.54) is 0 Å². The van der Waals surface area contributed by atoms with Gasteiger partial charge in [-0.05, 0) is 37.1 Å². The van der Waals surface area contributed by atoms with Gasteiger partial charge in [-0.25, -0.2) is 4.98 Å². The molecule has 0 radical (unpaired) electrons. The summed E-state index contributed by atoms with van der Waals surface area (Å²) >= 11 is 0. The summed E-state index contributed by atoms with van der Waals surface area (Å²) in [6.45, 7) is 3.97. The molecule has 2 heterocycles. The number of hydrogen-bond donors (Lipinski definition) is 2. The van der Waals surface area contributed by atoms with Crippen LogP contribution in [0.25, 0.3) is 0 Å². The number of fused-ring (bicyclic) bond motifs is 1. The number of carbonyl (C=O) groups excluding carboxylic acids is 2. The SMILES string of the molecule is CC(=O)N1CCc2cc(NC(=O)c3n[nH]c(C)n3)ccc21. The summed E-state index contributed by atoms with van der Waals surface area (Å²) in [5.41, 5.74) is 2.63. The van der Waals surface area contributed by atoms with Gasteiger partial charge in [-0.2, -0.15) is 0 Å². The van der Waals surface area contributed by atoms with Gasteiger partial charge in [0.25, 0.3) is 5.91 Å². The first kappa shape index (κ1) is 13.3. The third kappa shape index (κ3) is 2.49. The van der Waals surface area contributed by atoms with Crippen LogP contribution in [0.2, 0.25) is 0 Å². The van der Waals surface area contributed by atoms with E-state index >= 15 is 0 Å². The van der Waals surface area contributed by atoms with Crippen molar-refractivity contribution in [2.75, 3.05) is 16.8 Å². The first-order valence-electron chi connectivity index (χ1n) is 6.66. The average Bonchev–Trinajstić information content (AvgIpc) is 3.04. The highest BCUT2D eigenvalue weighted by Crippen LogP contribution is 2.30. The maximum atomic E-state index is 12.0. The Morgan fingerprint density at radius 2 is 2.19 bits per heavy atom. The Kier molecular flexibility index (Phi) is 3.17. The highest BCUT2D eigenvalue weighted by Gasteiger charge is 2.22. The van der Waals surface area contributed by atoms with Crippen LogP contribution in [0, 0.1) is 6.92 Å². The molecule has 0 unspecified atom stereocenters. The van der Waals surface area contributed by atoms with Crippen LogP contribution in [0.1, 0.15) is 28.9 Å². The van der Waals surface area contributed by atoms with Crippen molar-refractivity contribution in [3.63, 3.8) is 0 Å². The van der Waals surface area contributed by atoms with Crippen molar-refractivity contribution >= 4 is 23.2 Å². The van der Waals surface area contributed by atoms with E-state index in [0.29, 0.717) is 18.1 Å². The Hall–Kier alpha value is -2.70. The molecule has 3 rings (SSSR count). The van der Waals surface area contributed by atoms with Crippen molar-refractivity contribution < 1.29 is 9.59 Å². The second-order valence-corrected chi connectivity index (χ2v) is 4.96. The summed E-state index contributed by atoms with van der Waals surface area (Å²) in [7, 11) is 0. The zero-order chi connectivity index (χ0) is 15.0. The lowest BCUT2D eigenvalue weighted by atomic mass is 10.1. The standard InChI is InChI=1S/C14H15N5O2/c1-8-15-13(18-17-8)14(21)16-11-3-4-12-10(7-11)5-6-19(12)9(2)20/h3-4,7H,5-6H2,1-2H3,(H,16,21)(H,15,17,18). The maximum absolute atomic E-state index is 12.0. The van der Waals surface area contributed by atoms with E-state index in [4.69, 9.17) is 0 Å². The minimum Gasteiger partial charge on any atom is -0.319 e. The molecule has 0 bridgehead atoms. The van der Waals surface area contributed by atoms with Gasteiger partial charge in [0.2, 0.25) is 11.7 Å². The maximum Gasteiger partial charge on any atom is 0.295 e. The Balaban J connectivity index is 1.79. The molecule has 0 saturated heterocycles. The Morgan fingerprint density at radius 1 is 1.38 bits per heavy atom. The molecule has 2 amide bonds. The van der Waals surface area contributed by atoms with Crippen LogP contribution >= 0.6 is 0 Å². The van der Waals surface area contributed by atoms with E-state index in [2.05, 4.69) is 20.5 Å². The third-order valence-electron chi connectivity index (χ3n) is 3.41. The number of nitrogens with one attached hydrogen (secondary N) is 2. The van der Waals surface area contributed by atoms with Gasteiger partial charge < -0.3 is 10.2 Å². The van der Waals surface area contributed by atoms with Crippen molar-refractivity contribution in [3.8, 4) is 0 Å². The molecule has 108 valence electrons. The zero-order valence-corrected chi connectivity index (χ0v) is 11.8. The molecule has 0 atom stereocenters. The normalized spacial score (nSPS) is 13.1. The molecule has 1 aliphatic heterocycles. The molecule has 7 heteroatoms. The van der Waals surface area contributed by atoms with Crippen LogP contribution in [0.5, 0.6) is 0 Å². The van der Waals surface area contributed by atoms with Crippen LogP contribution in [0.15, 0.2) is 18.2 Å². The van der Waals surface area contributed by atoms with Gasteiger partial charge in [0.1, 0.15) is 5.82 Å². The third-order valence-corrected chi connectivity index (χ3v) is 3.41.